The molecule has 5 nitrogen and oxygen atoms in total. The molecule has 11 rings (SSSR count). The first-order valence-electron chi connectivity index (χ1n) is 16.8. The third-order valence-corrected chi connectivity index (χ3v) is 10.1. The van der Waals surface area contributed by atoms with Crippen molar-refractivity contribution in [3.63, 3.8) is 0 Å². The normalized spacial score (nSPS) is 12.0. The van der Waals surface area contributed by atoms with E-state index in [0.29, 0.717) is 11.6 Å². The summed E-state index contributed by atoms with van der Waals surface area (Å²) in [6.45, 7) is 0. The first-order valence-corrected chi connectivity index (χ1v) is 16.8. The number of benzene rings is 8. The minimum absolute atomic E-state index is 0.608. The van der Waals surface area contributed by atoms with Crippen LogP contribution in [-0.2, 0) is 0 Å². The average Bonchev–Trinajstić information content (AvgIpc) is 3.74. The number of fused-ring (bicyclic) bond motifs is 12. The Kier molecular flexibility index (Phi) is 5.60. The topological polar surface area (TPSA) is 56.7 Å². The maximum absolute atomic E-state index is 6.72. The second kappa shape index (κ2) is 10.3. The lowest BCUT2D eigenvalue weighted by Crippen LogP contribution is -1.97. The Labute approximate surface area is 285 Å². The third kappa shape index (κ3) is 3.80. The summed E-state index contributed by atoms with van der Waals surface area (Å²) in [6, 6.07) is 53.5. The third-order valence-electron chi connectivity index (χ3n) is 10.1. The minimum Gasteiger partial charge on any atom is -0.455 e. The van der Waals surface area contributed by atoms with Crippen molar-refractivity contribution in [2.45, 2.75) is 0 Å². The van der Waals surface area contributed by atoms with Crippen molar-refractivity contribution in [1.29, 1.82) is 0 Å². The van der Waals surface area contributed by atoms with Crippen LogP contribution in [0.5, 0.6) is 0 Å². The Morgan fingerprint density at radius 3 is 1.80 bits per heavy atom. The zero-order valence-corrected chi connectivity index (χ0v) is 26.7. The molecule has 50 heavy (non-hydrogen) atoms. The van der Waals surface area contributed by atoms with E-state index in [2.05, 4.69) is 124 Å². The highest BCUT2D eigenvalue weighted by Crippen LogP contribution is 2.45. The van der Waals surface area contributed by atoms with E-state index >= 15 is 0 Å². The molecule has 5 heteroatoms. The molecular formula is C45H26N4O. The van der Waals surface area contributed by atoms with E-state index in [0.717, 1.165) is 60.6 Å². The van der Waals surface area contributed by atoms with Gasteiger partial charge in [-0.05, 0) is 45.8 Å². The van der Waals surface area contributed by atoms with E-state index in [4.69, 9.17) is 9.40 Å². The molecule has 0 fully saturated rings. The molecule has 0 unspecified atom stereocenters. The predicted octanol–water partition coefficient (Wildman–Crippen LogP) is 11.7. The molecule has 3 aromatic heterocycles. The molecule has 3 heterocycles. The van der Waals surface area contributed by atoms with Crippen molar-refractivity contribution in [1.82, 2.24) is 19.5 Å². The smallest absolute Gasteiger partial charge is 0.164 e. The van der Waals surface area contributed by atoms with Gasteiger partial charge in [-0.3, -0.25) is 0 Å². The Morgan fingerprint density at radius 1 is 0.460 bits per heavy atom. The summed E-state index contributed by atoms with van der Waals surface area (Å²) >= 11 is 0. The zero-order chi connectivity index (χ0) is 32.8. The van der Waals surface area contributed by atoms with Gasteiger partial charge in [-0.25, -0.2) is 15.0 Å². The van der Waals surface area contributed by atoms with E-state index < -0.39 is 0 Å². The van der Waals surface area contributed by atoms with Gasteiger partial charge in [0.2, 0.25) is 0 Å². The van der Waals surface area contributed by atoms with E-state index in [1.807, 2.05) is 42.5 Å². The van der Waals surface area contributed by atoms with Crippen LogP contribution in [0, 0.1) is 0 Å². The predicted molar refractivity (Wildman–Crippen MR) is 205 cm³/mol. The quantitative estimate of drug-likeness (QED) is 0.193. The standard InChI is InChI=1S/C45H26N4O/c1-2-13-29(14-3-1)44-46-26-47-45(48-44)34-19-10-20-39-40(34)35-25-38(32-17-8-9-18-33(32)43(35)50-39)49-36-23-21-27-11-4-6-15-30(27)41(36)42-31-16-7-5-12-28(31)22-24-37(42)49/h1-26H. The van der Waals surface area contributed by atoms with E-state index in [1.54, 1.807) is 6.33 Å². The molecule has 0 saturated carbocycles. The summed E-state index contributed by atoms with van der Waals surface area (Å²) in [5, 5.41) is 11.6. The van der Waals surface area contributed by atoms with Crippen molar-refractivity contribution < 1.29 is 4.42 Å². The Balaban J connectivity index is 1.28. The fourth-order valence-electron chi connectivity index (χ4n) is 7.96. The second-order valence-electron chi connectivity index (χ2n) is 12.8. The van der Waals surface area contributed by atoms with Crippen LogP contribution >= 0.6 is 0 Å². The number of nitrogens with zero attached hydrogens (tertiary/aromatic N) is 4. The number of hydrogen-bond donors (Lipinski definition) is 0. The Morgan fingerprint density at radius 2 is 1.08 bits per heavy atom. The highest BCUT2D eigenvalue weighted by atomic mass is 16.3. The first kappa shape index (κ1) is 27.1. The van der Waals surface area contributed by atoms with Gasteiger partial charge in [-0.1, -0.05) is 127 Å². The lowest BCUT2D eigenvalue weighted by Gasteiger charge is -2.13. The number of aromatic nitrogens is 4. The SMILES string of the molecule is c1ccc(-c2ncnc(-c3cccc4oc5c6ccccc6c(-n6c7ccc8ccccc8c7c7c8ccccc8ccc76)cc5c34)n2)cc1. The summed E-state index contributed by atoms with van der Waals surface area (Å²) in [5.74, 6) is 1.24. The highest BCUT2D eigenvalue weighted by Gasteiger charge is 2.22. The van der Waals surface area contributed by atoms with Crippen molar-refractivity contribution in [2.75, 3.05) is 0 Å². The number of hydrogen-bond acceptors (Lipinski definition) is 4. The molecule has 0 atom stereocenters. The van der Waals surface area contributed by atoms with Crippen molar-refractivity contribution >= 4 is 76.1 Å². The molecule has 0 radical (unpaired) electrons. The van der Waals surface area contributed by atoms with Crippen molar-refractivity contribution in [2.24, 2.45) is 0 Å². The van der Waals surface area contributed by atoms with Crippen LogP contribution in [0.25, 0.3) is 105 Å². The van der Waals surface area contributed by atoms with Gasteiger partial charge < -0.3 is 8.98 Å². The molecular weight excluding hydrogens is 613 g/mol. The highest BCUT2D eigenvalue weighted by molar-refractivity contribution is 6.29. The van der Waals surface area contributed by atoms with Crippen LogP contribution in [0.15, 0.2) is 162 Å². The molecule has 0 aliphatic rings. The molecule has 11 aromatic rings. The monoisotopic (exact) mass is 638 g/mol. The lowest BCUT2D eigenvalue weighted by atomic mass is 10.00. The van der Waals surface area contributed by atoms with Gasteiger partial charge in [-0.2, -0.15) is 0 Å². The Bertz CT molecular complexity index is 3060. The van der Waals surface area contributed by atoms with E-state index in [9.17, 15) is 0 Å². The molecule has 0 amide bonds. The van der Waals surface area contributed by atoms with Crippen LogP contribution in [0.4, 0.5) is 0 Å². The van der Waals surface area contributed by atoms with Crippen LogP contribution in [-0.4, -0.2) is 19.5 Å². The largest absolute Gasteiger partial charge is 0.455 e. The number of furan rings is 1. The van der Waals surface area contributed by atoms with E-state index in [-0.39, 0.29) is 0 Å². The van der Waals surface area contributed by atoms with Gasteiger partial charge in [0.25, 0.3) is 0 Å². The maximum atomic E-state index is 6.72. The summed E-state index contributed by atoms with van der Waals surface area (Å²) < 4.78 is 9.17. The van der Waals surface area contributed by atoms with Gasteiger partial charge in [0.1, 0.15) is 17.5 Å². The second-order valence-corrected chi connectivity index (χ2v) is 12.8. The lowest BCUT2D eigenvalue weighted by molar-refractivity contribution is 0.672. The molecule has 232 valence electrons. The van der Waals surface area contributed by atoms with Gasteiger partial charge in [0.05, 0.1) is 16.7 Å². The molecule has 0 bridgehead atoms. The van der Waals surface area contributed by atoms with Crippen LogP contribution in [0.2, 0.25) is 0 Å². The summed E-state index contributed by atoms with van der Waals surface area (Å²) in [7, 11) is 0. The zero-order valence-electron chi connectivity index (χ0n) is 26.7. The molecule has 0 aliphatic carbocycles. The average molecular weight is 639 g/mol. The van der Waals surface area contributed by atoms with Gasteiger partial charge >= 0.3 is 0 Å². The first-order chi connectivity index (χ1) is 24.8. The maximum Gasteiger partial charge on any atom is 0.164 e. The van der Waals surface area contributed by atoms with Crippen LogP contribution in [0.3, 0.4) is 0 Å². The van der Waals surface area contributed by atoms with Crippen molar-refractivity contribution in [3.05, 3.63) is 158 Å². The molecule has 0 spiro atoms. The van der Waals surface area contributed by atoms with Gasteiger partial charge in [0, 0.05) is 43.4 Å². The van der Waals surface area contributed by atoms with Gasteiger partial charge in [0.15, 0.2) is 11.6 Å². The minimum atomic E-state index is 0.608. The molecule has 0 N–H and O–H groups in total. The number of rotatable bonds is 3. The summed E-state index contributed by atoms with van der Waals surface area (Å²) in [6.07, 6.45) is 1.60. The summed E-state index contributed by atoms with van der Waals surface area (Å²) in [5.41, 5.74) is 6.91. The van der Waals surface area contributed by atoms with Crippen LogP contribution < -0.4 is 0 Å². The fraction of sp³-hybridized carbons (Fsp3) is 0. The Hall–Kier alpha value is -6.85. The fourth-order valence-corrected chi connectivity index (χ4v) is 7.96. The molecule has 0 saturated heterocycles. The van der Waals surface area contributed by atoms with Gasteiger partial charge in [-0.15, -0.1) is 0 Å². The summed E-state index contributed by atoms with van der Waals surface area (Å²) in [4.78, 5) is 14.1. The van der Waals surface area contributed by atoms with E-state index in [1.165, 1.54) is 32.3 Å². The van der Waals surface area contributed by atoms with Crippen LogP contribution in [0.1, 0.15) is 0 Å². The van der Waals surface area contributed by atoms with Crippen molar-refractivity contribution in [3.8, 4) is 28.5 Å². The molecule has 0 aliphatic heterocycles. The molecule has 8 aromatic carbocycles.